The van der Waals surface area contributed by atoms with Crippen LogP contribution in [0, 0.1) is 17.8 Å². The van der Waals surface area contributed by atoms with Gasteiger partial charge in [0.1, 0.15) is 0 Å². The van der Waals surface area contributed by atoms with Crippen LogP contribution in [0.15, 0.2) is 0 Å². The molecule has 4 unspecified atom stereocenters. The first kappa shape index (κ1) is 14.8. The van der Waals surface area contributed by atoms with Gasteiger partial charge in [-0.05, 0) is 58.0 Å². The van der Waals surface area contributed by atoms with E-state index in [1.54, 1.807) is 6.92 Å². The van der Waals surface area contributed by atoms with Crippen LogP contribution >= 0.6 is 0 Å². The van der Waals surface area contributed by atoms with E-state index in [2.05, 4.69) is 5.32 Å². The van der Waals surface area contributed by atoms with E-state index >= 15 is 0 Å². The molecule has 2 aliphatic carbocycles. The van der Waals surface area contributed by atoms with E-state index in [1.165, 1.54) is 25.7 Å². The number of nitrogens with one attached hydrogen (secondary N) is 1. The van der Waals surface area contributed by atoms with Crippen molar-refractivity contribution >= 4 is 5.91 Å². The van der Waals surface area contributed by atoms with Crippen molar-refractivity contribution in [3.05, 3.63) is 0 Å². The Morgan fingerprint density at radius 3 is 2.63 bits per heavy atom. The first-order valence-corrected chi connectivity index (χ1v) is 7.49. The molecule has 1 amide bonds. The Morgan fingerprint density at radius 1 is 1.37 bits per heavy atom. The molecule has 0 radical (unpaired) electrons. The maximum Gasteiger partial charge on any atom is 0.220 e. The van der Waals surface area contributed by atoms with Crippen molar-refractivity contribution in [3.63, 3.8) is 0 Å². The van der Waals surface area contributed by atoms with Crippen LogP contribution in [-0.2, 0) is 4.79 Å². The zero-order valence-electron chi connectivity index (χ0n) is 12.5. The molecule has 0 heterocycles. The minimum Gasteiger partial charge on any atom is -0.387 e. The van der Waals surface area contributed by atoms with Crippen molar-refractivity contribution in [2.24, 2.45) is 17.8 Å². The molecule has 0 aromatic carbocycles. The minimum absolute atomic E-state index is 0.108. The standard InChI is InChI=1S/C15H28N2O2/c1-15(19,10-17(2)3)9-16-14(18)8-13-7-11-4-5-12(13)6-11/h11-13,19H,4-10H2,1-3H3,(H,16,18). The molecule has 0 spiro atoms. The molecule has 0 aromatic rings. The lowest BCUT2D eigenvalue weighted by Crippen LogP contribution is -2.47. The van der Waals surface area contributed by atoms with E-state index in [9.17, 15) is 9.90 Å². The van der Waals surface area contributed by atoms with Crippen LogP contribution in [0.5, 0.6) is 0 Å². The number of likely N-dealkylation sites (N-methyl/N-ethyl adjacent to an activating group) is 1. The van der Waals surface area contributed by atoms with Gasteiger partial charge in [0.05, 0.1) is 5.60 Å². The summed E-state index contributed by atoms with van der Waals surface area (Å²) in [5, 5.41) is 13.0. The maximum atomic E-state index is 12.0. The number of hydrogen-bond donors (Lipinski definition) is 2. The quantitative estimate of drug-likeness (QED) is 0.762. The summed E-state index contributed by atoms with van der Waals surface area (Å²) >= 11 is 0. The van der Waals surface area contributed by atoms with Crippen LogP contribution in [-0.4, -0.2) is 48.7 Å². The fourth-order valence-electron chi connectivity index (χ4n) is 3.96. The van der Waals surface area contributed by atoms with E-state index < -0.39 is 5.60 Å². The third-order valence-corrected chi connectivity index (χ3v) is 4.66. The van der Waals surface area contributed by atoms with Crippen molar-refractivity contribution in [1.82, 2.24) is 10.2 Å². The molecule has 110 valence electrons. The number of carbonyl (C=O) groups excluding carboxylic acids is 1. The summed E-state index contributed by atoms with van der Waals surface area (Å²) in [6.45, 7) is 2.66. The first-order chi connectivity index (χ1) is 8.85. The Hall–Kier alpha value is -0.610. The molecule has 4 atom stereocenters. The lowest BCUT2D eigenvalue weighted by Gasteiger charge is -2.28. The third kappa shape index (κ3) is 4.18. The van der Waals surface area contributed by atoms with E-state index in [4.69, 9.17) is 0 Å². The van der Waals surface area contributed by atoms with Gasteiger partial charge in [0, 0.05) is 19.5 Å². The van der Waals surface area contributed by atoms with Gasteiger partial charge in [0.2, 0.25) is 5.91 Å². The monoisotopic (exact) mass is 268 g/mol. The Labute approximate surface area is 116 Å². The number of rotatable bonds is 6. The number of nitrogens with zero attached hydrogens (tertiary/aromatic N) is 1. The first-order valence-electron chi connectivity index (χ1n) is 7.49. The third-order valence-electron chi connectivity index (χ3n) is 4.66. The van der Waals surface area contributed by atoms with Crippen LogP contribution in [0.2, 0.25) is 0 Å². The zero-order valence-corrected chi connectivity index (χ0v) is 12.5. The topological polar surface area (TPSA) is 52.6 Å². The molecule has 0 aliphatic heterocycles. The normalized spacial score (nSPS) is 32.6. The number of hydrogen-bond acceptors (Lipinski definition) is 3. The SMILES string of the molecule is CN(C)CC(C)(O)CNC(=O)CC1CC2CCC1C2. The summed E-state index contributed by atoms with van der Waals surface area (Å²) in [6.07, 6.45) is 5.93. The predicted molar refractivity (Wildman–Crippen MR) is 75.7 cm³/mol. The molecule has 2 N–H and O–H groups in total. The molecular formula is C15H28N2O2. The summed E-state index contributed by atoms with van der Waals surface area (Å²) in [4.78, 5) is 13.9. The molecule has 2 fully saturated rings. The second-order valence-electron chi connectivity index (χ2n) is 7.15. The molecule has 0 aromatic heterocycles. The van der Waals surface area contributed by atoms with Gasteiger partial charge in [0.25, 0.3) is 0 Å². The summed E-state index contributed by atoms with van der Waals surface area (Å²) < 4.78 is 0. The average molecular weight is 268 g/mol. The average Bonchev–Trinajstić information content (AvgIpc) is 2.86. The highest BCUT2D eigenvalue weighted by Gasteiger charge is 2.40. The smallest absolute Gasteiger partial charge is 0.220 e. The predicted octanol–water partition coefficient (Wildman–Crippen LogP) is 1.24. The largest absolute Gasteiger partial charge is 0.387 e. The molecule has 4 heteroatoms. The van der Waals surface area contributed by atoms with Crippen molar-refractivity contribution in [2.45, 2.75) is 44.6 Å². The highest BCUT2D eigenvalue weighted by Crippen LogP contribution is 2.49. The lowest BCUT2D eigenvalue weighted by molar-refractivity contribution is -0.123. The van der Waals surface area contributed by atoms with Crippen LogP contribution in [0.4, 0.5) is 0 Å². The van der Waals surface area contributed by atoms with E-state index in [0.29, 0.717) is 25.4 Å². The molecule has 2 aliphatic rings. The molecule has 2 bridgehead atoms. The van der Waals surface area contributed by atoms with Crippen molar-refractivity contribution in [2.75, 3.05) is 27.2 Å². The number of amides is 1. The molecule has 2 saturated carbocycles. The summed E-state index contributed by atoms with van der Waals surface area (Å²) in [6, 6.07) is 0. The number of fused-ring (bicyclic) bond motifs is 2. The van der Waals surface area contributed by atoms with Gasteiger partial charge < -0.3 is 15.3 Å². The van der Waals surface area contributed by atoms with E-state index in [0.717, 1.165) is 11.8 Å². The Kier molecular flexibility index (Phi) is 4.51. The highest BCUT2D eigenvalue weighted by molar-refractivity contribution is 5.76. The minimum atomic E-state index is -0.853. The molecular weight excluding hydrogens is 240 g/mol. The maximum absolute atomic E-state index is 12.0. The van der Waals surface area contributed by atoms with Gasteiger partial charge in [-0.1, -0.05) is 6.42 Å². The van der Waals surface area contributed by atoms with Crippen LogP contribution in [0.1, 0.15) is 39.0 Å². The van der Waals surface area contributed by atoms with Crippen LogP contribution in [0.3, 0.4) is 0 Å². The van der Waals surface area contributed by atoms with Gasteiger partial charge in [-0.15, -0.1) is 0 Å². The Bertz CT molecular complexity index is 328. The zero-order chi connectivity index (χ0) is 14.0. The van der Waals surface area contributed by atoms with Crippen molar-refractivity contribution in [1.29, 1.82) is 0 Å². The molecule has 2 rings (SSSR count). The van der Waals surface area contributed by atoms with Gasteiger partial charge in [-0.2, -0.15) is 0 Å². The van der Waals surface area contributed by atoms with Crippen molar-refractivity contribution < 1.29 is 9.90 Å². The summed E-state index contributed by atoms with van der Waals surface area (Å²) in [5.74, 6) is 2.38. The van der Waals surface area contributed by atoms with Crippen molar-refractivity contribution in [3.8, 4) is 0 Å². The second-order valence-corrected chi connectivity index (χ2v) is 7.15. The number of carbonyl (C=O) groups is 1. The Morgan fingerprint density at radius 2 is 2.11 bits per heavy atom. The summed E-state index contributed by atoms with van der Waals surface area (Å²) in [5.41, 5.74) is -0.853. The fraction of sp³-hybridized carbons (Fsp3) is 0.933. The van der Waals surface area contributed by atoms with Gasteiger partial charge in [0.15, 0.2) is 0 Å². The highest BCUT2D eigenvalue weighted by atomic mass is 16.3. The van der Waals surface area contributed by atoms with E-state index in [-0.39, 0.29) is 5.91 Å². The van der Waals surface area contributed by atoms with Crippen LogP contribution in [0.25, 0.3) is 0 Å². The molecule has 19 heavy (non-hydrogen) atoms. The van der Waals surface area contributed by atoms with Gasteiger partial charge in [-0.3, -0.25) is 4.79 Å². The van der Waals surface area contributed by atoms with Gasteiger partial charge in [-0.25, -0.2) is 0 Å². The summed E-state index contributed by atoms with van der Waals surface area (Å²) in [7, 11) is 3.84. The second kappa shape index (κ2) is 5.80. The molecule has 4 nitrogen and oxygen atoms in total. The number of aliphatic hydroxyl groups is 1. The molecule has 0 saturated heterocycles. The van der Waals surface area contributed by atoms with Gasteiger partial charge >= 0.3 is 0 Å². The lowest BCUT2D eigenvalue weighted by atomic mass is 9.86. The van der Waals surface area contributed by atoms with Crippen LogP contribution < -0.4 is 5.32 Å². The fourth-order valence-corrected chi connectivity index (χ4v) is 3.96. The van der Waals surface area contributed by atoms with E-state index in [1.807, 2.05) is 19.0 Å². The Balaban J connectivity index is 1.70.